The number of carbonyl (C=O) groups is 1. The first-order valence-corrected chi connectivity index (χ1v) is 6.88. The predicted molar refractivity (Wildman–Crippen MR) is 72.0 cm³/mol. The Hall–Kier alpha value is -1.32. The molecule has 19 heavy (non-hydrogen) atoms. The summed E-state index contributed by atoms with van der Waals surface area (Å²) in [5.41, 5.74) is 0.930. The van der Waals surface area contributed by atoms with Crippen LogP contribution in [-0.4, -0.2) is 18.1 Å². The summed E-state index contributed by atoms with van der Waals surface area (Å²) in [6.45, 7) is 8.35. The van der Waals surface area contributed by atoms with Crippen molar-refractivity contribution in [3.05, 3.63) is 17.3 Å². The van der Waals surface area contributed by atoms with Crippen molar-refractivity contribution in [2.45, 2.75) is 58.3 Å². The standard InChI is InChI=1S/C15H23NO3/c1-9-12(15(2,3)4)19-13(16-9)10-6-7-11(8-10)14(17)18-5/h10-11H,6-8H2,1-5H3/t10-,11+/m1/s1. The first kappa shape index (κ1) is 14.1. The second kappa shape index (κ2) is 4.99. The molecule has 1 saturated carbocycles. The van der Waals surface area contributed by atoms with E-state index in [0.29, 0.717) is 0 Å². The molecule has 1 aromatic rings. The summed E-state index contributed by atoms with van der Waals surface area (Å²) in [5, 5.41) is 0. The van der Waals surface area contributed by atoms with E-state index in [2.05, 4.69) is 25.8 Å². The lowest BCUT2D eigenvalue weighted by Gasteiger charge is -2.15. The lowest BCUT2D eigenvalue weighted by atomic mass is 9.92. The minimum Gasteiger partial charge on any atom is -0.469 e. The number of hydrogen-bond acceptors (Lipinski definition) is 4. The maximum Gasteiger partial charge on any atom is 0.308 e. The maximum absolute atomic E-state index is 11.5. The van der Waals surface area contributed by atoms with E-state index < -0.39 is 0 Å². The number of aryl methyl sites for hydroxylation is 1. The molecule has 0 radical (unpaired) electrons. The lowest BCUT2D eigenvalue weighted by Crippen LogP contribution is -2.12. The van der Waals surface area contributed by atoms with E-state index >= 15 is 0 Å². The molecule has 2 atom stereocenters. The second-order valence-electron chi connectivity index (χ2n) is 6.45. The van der Waals surface area contributed by atoms with Gasteiger partial charge in [0.1, 0.15) is 5.76 Å². The largest absolute Gasteiger partial charge is 0.469 e. The van der Waals surface area contributed by atoms with Gasteiger partial charge in [0, 0.05) is 11.3 Å². The van der Waals surface area contributed by atoms with Gasteiger partial charge in [0.25, 0.3) is 0 Å². The van der Waals surface area contributed by atoms with Crippen LogP contribution in [0, 0.1) is 12.8 Å². The molecule has 0 saturated heterocycles. The van der Waals surface area contributed by atoms with Gasteiger partial charge in [0.2, 0.25) is 0 Å². The molecule has 0 aliphatic heterocycles. The number of oxazole rings is 1. The first-order chi connectivity index (χ1) is 8.82. The highest BCUT2D eigenvalue weighted by Crippen LogP contribution is 2.40. The molecule has 4 heteroatoms. The third-order valence-electron chi connectivity index (χ3n) is 3.81. The van der Waals surface area contributed by atoms with Crippen LogP contribution in [0.4, 0.5) is 0 Å². The Morgan fingerprint density at radius 1 is 1.37 bits per heavy atom. The Balaban J connectivity index is 2.15. The molecule has 0 bridgehead atoms. The minimum absolute atomic E-state index is 0.000271. The highest BCUT2D eigenvalue weighted by atomic mass is 16.5. The van der Waals surface area contributed by atoms with Crippen LogP contribution >= 0.6 is 0 Å². The summed E-state index contributed by atoms with van der Waals surface area (Å²) in [6, 6.07) is 0. The summed E-state index contributed by atoms with van der Waals surface area (Å²) < 4.78 is 10.8. The summed E-state index contributed by atoms with van der Waals surface area (Å²) in [7, 11) is 1.45. The number of methoxy groups -OCH3 is 1. The van der Waals surface area contributed by atoms with E-state index in [1.54, 1.807) is 0 Å². The average Bonchev–Trinajstić information content (AvgIpc) is 2.92. The van der Waals surface area contributed by atoms with E-state index in [9.17, 15) is 4.79 Å². The molecule has 4 nitrogen and oxygen atoms in total. The molecule has 0 spiro atoms. The van der Waals surface area contributed by atoms with Gasteiger partial charge in [0.05, 0.1) is 18.7 Å². The summed E-state index contributed by atoms with van der Waals surface area (Å²) in [6.07, 6.45) is 2.60. The molecule has 0 aromatic carbocycles. The van der Waals surface area contributed by atoms with Gasteiger partial charge in [-0.1, -0.05) is 20.8 Å². The highest BCUT2D eigenvalue weighted by Gasteiger charge is 2.35. The van der Waals surface area contributed by atoms with Crippen LogP contribution < -0.4 is 0 Å². The molecule has 1 fully saturated rings. The normalized spacial score (nSPS) is 23.6. The molecular weight excluding hydrogens is 242 g/mol. The van der Waals surface area contributed by atoms with Crippen molar-refractivity contribution < 1.29 is 13.9 Å². The number of ether oxygens (including phenoxy) is 1. The number of hydrogen-bond donors (Lipinski definition) is 0. The van der Waals surface area contributed by atoms with E-state index in [-0.39, 0.29) is 23.2 Å². The van der Waals surface area contributed by atoms with E-state index in [0.717, 1.165) is 36.6 Å². The van der Waals surface area contributed by atoms with Crippen LogP contribution in [0.5, 0.6) is 0 Å². The van der Waals surface area contributed by atoms with E-state index in [4.69, 9.17) is 9.15 Å². The number of aromatic nitrogens is 1. The van der Waals surface area contributed by atoms with E-state index in [1.807, 2.05) is 6.92 Å². The smallest absolute Gasteiger partial charge is 0.308 e. The van der Waals surface area contributed by atoms with Crippen LogP contribution in [0.1, 0.15) is 63.3 Å². The Labute approximate surface area is 114 Å². The zero-order valence-corrected chi connectivity index (χ0v) is 12.4. The van der Waals surface area contributed by atoms with Crippen LogP contribution in [0.25, 0.3) is 0 Å². The van der Waals surface area contributed by atoms with E-state index in [1.165, 1.54) is 7.11 Å². The Bertz CT molecular complexity index is 470. The van der Waals surface area contributed by atoms with Crippen molar-refractivity contribution >= 4 is 5.97 Å². The fourth-order valence-corrected chi connectivity index (χ4v) is 2.87. The van der Waals surface area contributed by atoms with Crippen molar-refractivity contribution in [1.82, 2.24) is 4.98 Å². The van der Waals surface area contributed by atoms with Crippen LogP contribution in [0.15, 0.2) is 4.42 Å². The van der Waals surface area contributed by atoms with Gasteiger partial charge < -0.3 is 9.15 Å². The second-order valence-corrected chi connectivity index (χ2v) is 6.45. The number of carbonyl (C=O) groups excluding carboxylic acids is 1. The van der Waals surface area contributed by atoms with Gasteiger partial charge in [-0.25, -0.2) is 4.98 Å². The molecule has 0 N–H and O–H groups in total. The predicted octanol–water partition coefficient (Wildman–Crippen LogP) is 3.34. The number of rotatable bonds is 2. The zero-order valence-electron chi connectivity index (χ0n) is 12.4. The third kappa shape index (κ3) is 2.82. The maximum atomic E-state index is 11.5. The topological polar surface area (TPSA) is 52.3 Å². The Morgan fingerprint density at radius 2 is 2.05 bits per heavy atom. The lowest BCUT2D eigenvalue weighted by molar-refractivity contribution is -0.145. The quantitative estimate of drug-likeness (QED) is 0.770. The van der Waals surface area contributed by atoms with Crippen molar-refractivity contribution in [2.24, 2.45) is 5.92 Å². The van der Waals surface area contributed by atoms with Crippen molar-refractivity contribution in [1.29, 1.82) is 0 Å². The number of nitrogens with zero attached hydrogens (tertiary/aromatic N) is 1. The molecule has 2 rings (SSSR count). The number of esters is 1. The van der Waals surface area contributed by atoms with Crippen molar-refractivity contribution in [3.8, 4) is 0 Å². The van der Waals surface area contributed by atoms with Crippen molar-refractivity contribution in [3.63, 3.8) is 0 Å². The Morgan fingerprint density at radius 3 is 2.58 bits per heavy atom. The zero-order chi connectivity index (χ0) is 14.2. The van der Waals surface area contributed by atoms with Gasteiger partial charge in [-0.15, -0.1) is 0 Å². The fourth-order valence-electron chi connectivity index (χ4n) is 2.87. The minimum atomic E-state index is -0.109. The fraction of sp³-hybridized carbons (Fsp3) is 0.733. The summed E-state index contributed by atoms with van der Waals surface area (Å²) in [4.78, 5) is 16.1. The van der Waals surface area contributed by atoms with Crippen LogP contribution in [-0.2, 0) is 14.9 Å². The molecule has 1 aliphatic rings. The van der Waals surface area contributed by atoms with Gasteiger partial charge in [-0.2, -0.15) is 0 Å². The molecule has 1 aliphatic carbocycles. The summed E-state index contributed by atoms with van der Waals surface area (Å²) in [5.74, 6) is 1.87. The van der Waals surface area contributed by atoms with Crippen LogP contribution in [0.3, 0.4) is 0 Å². The summed E-state index contributed by atoms with van der Waals surface area (Å²) >= 11 is 0. The monoisotopic (exact) mass is 265 g/mol. The van der Waals surface area contributed by atoms with Crippen molar-refractivity contribution in [2.75, 3.05) is 7.11 Å². The first-order valence-electron chi connectivity index (χ1n) is 6.88. The molecular formula is C15H23NO3. The SMILES string of the molecule is COC(=O)[C@H]1CC[C@@H](c2nc(C)c(C(C)(C)C)o2)C1. The molecule has 1 aromatic heterocycles. The third-order valence-corrected chi connectivity index (χ3v) is 3.81. The van der Waals surface area contributed by atoms with Gasteiger partial charge >= 0.3 is 5.97 Å². The molecule has 0 unspecified atom stereocenters. The van der Waals surface area contributed by atoms with Crippen LogP contribution in [0.2, 0.25) is 0 Å². The average molecular weight is 265 g/mol. The molecule has 1 heterocycles. The molecule has 0 amide bonds. The Kier molecular flexibility index (Phi) is 3.70. The highest BCUT2D eigenvalue weighted by molar-refractivity contribution is 5.72. The van der Waals surface area contributed by atoms with Gasteiger partial charge in [-0.05, 0) is 26.2 Å². The van der Waals surface area contributed by atoms with Gasteiger partial charge in [0.15, 0.2) is 5.89 Å². The molecule has 106 valence electrons. The van der Waals surface area contributed by atoms with Gasteiger partial charge in [-0.3, -0.25) is 4.79 Å².